The molecule has 0 aromatic heterocycles. The van der Waals surface area contributed by atoms with Crippen molar-refractivity contribution in [3.05, 3.63) is 71.8 Å². The first kappa shape index (κ1) is 19.9. The van der Waals surface area contributed by atoms with Gasteiger partial charge in [0.2, 0.25) is 5.91 Å². The third kappa shape index (κ3) is 6.46. The molecule has 2 rings (SSSR count). The van der Waals surface area contributed by atoms with Gasteiger partial charge in [0.1, 0.15) is 0 Å². The van der Waals surface area contributed by atoms with Gasteiger partial charge in [-0.2, -0.15) is 0 Å². The number of amides is 1. The van der Waals surface area contributed by atoms with Crippen molar-refractivity contribution in [2.24, 2.45) is 0 Å². The highest BCUT2D eigenvalue weighted by Crippen LogP contribution is 2.27. The Morgan fingerprint density at radius 3 is 2.04 bits per heavy atom. The zero-order valence-electron chi connectivity index (χ0n) is 15.1. The van der Waals surface area contributed by atoms with E-state index in [2.05, 4.69) is 16.2 Å². The number of benzene rings is 2. The summed E-state index contributed by atoms with van der Waals surface area (Å²) in [6, 6.07) is 20.1. The summed E-state index contributed by atoms with van der Waals surface area (Å²) in [5.74, 6) is -0.153. The standard InChI is InChI=1S/C20H25N3O2S/c1-15(14-25-2)21-20(26)23-22-19(24)13-18(16-9-5-3-6-10-16)17-11-7-4-8-12-17/h3-12,15,18H,13-14H2,1-2H3,(H,22,24)(H2,21,23,26)/t15-/m1/s1. The molecule has 0 aliphatic rings. The van der Waals surface area contributed by atoms with Crippen molar-refractivity contribution in [1.82, 2.24) is 16.2 Å². The van der Waals surface area contributed by atoms with Gasteiger partial charge in [-0.05, 0) is 30.3 Å². The van der Waals surface area contributed by atoms with Crippen molar-refractivity contribution >= 4 is 23.2 Å². The molecule has 3 N–H and O–H groups in total. The molecule has 0 saturated heterocycles. The number of nitrogens with one attached hydrogen (secondary N) is 3. The number of ether oxygens (including phenoxy) is 1. The number of carbonyl (C=O) groups is 1. The molecule has 0 fully saturated rings. The van der Waals surface area contributed by atoms with Crippen LogP contribution in [0.1, 0.15) is 30.4 Å². The molecule has 5 nitrogen and oxygen atoms in total. The fraction of sp³-hybridized carbons (Fsp3) is 0.300. The van der Waals surface area contributed by atoms with E-state index in [0.717, 1.165) is 11.1 Å². The first-order chi connectivity index (χ1) is 12.6. The molecule has 2 aromatic rings. The van der Waals surface area contributed by atoms with Crippen LogP contribution in [0.2, 0.25) is 0 Å². The Labute approximate surface area is 160 Å². The zero-order chi connectivity index (χ0) is 18.8. The topological polar surface area (TPSA) is 62.4 Å². The average molecular weight is 372 g/mol. The molecule has 138 valence electrons. The van der Waals surface area contributed by atoms with Gasteiger partial charge in [-0.3, -0.25) is 15.6 Å². The summed E-state index contributed by atoms with van der Waals surface area (Å²) in [7, 11) is 1.63. The number of thiocarbonyl (C=S) groups is 1. The van der Waals surface area contributed by atoms with Crippen LogP contribution in [-0.2, 0) is 9.53 Å². The van der Waals surface area contributed by atoms with Gasteiger partial charge < -0.3 is 10.1 Å². The van der Waals surface area contributed by atoms with E-state index in [-0.39, 0.29) is 17.9 Å². The molecule has 0 unspecified atom stereocenters. The Bertz CT molecular complexity index is 655. The molecule has 0 spiro atoms. The van der Waals surface area contributed by atoms with Crippen molar-refractivity contribution in [3.63, 3.8) is 0 Å². The van der Waals surface area contributed by atoms with Crippen molar-refractivity contribution in [2.45, 2.75) is 25.3 Å². The summed E-state index contributed by atoms with van der Waals surface area (Å²) in [5.41, 5.74) is 7.61. The van der Waals surface area contributed by atoms with Crippen molar-refractivity contribution in [1.29, 1.82) is 0 Å². The van der Waals surface area contributed by atoms with Crippen LogP contribution in [-0.4, -0.2) is 30.8 Å². The Kier molecular flexibility index (Phi) is 8.05. The highest BCUT2D eigenvalue weighted by Gasteiger charge is 2.18. The van der Waals surface area contributed by atoms with Gasteiger partial charge in [-0.25, -0.2) is 0 Å². The lowest BCUT2D eigenvalue weighted by Gasteiger charge is -2.19. The second kappa shape index (κ2) is 10.5. The second-order valence-electron chi connectivity index (χ2n) is 6.08. The van der Waals surface area contributed by atoms with Crippen LogP contribution in [0.4, 0.5) is 0 Å². The quantitative estimate of drug-likeness (QED) is 0.516. The van der Waals surface area contributed by atoms with Crippen LogP contribution >= 0.6 is 12.2 Å². The lowest BCUT2D eigenvalue weighted by atomic mass is 9.88. The van der Waals surface area contributed by atoms with Crippen LogP contribution in [0.25, 0.3) is 0 Å². The Morgan fingerprint density at radius 1 is 1.00 bits per heavy atom. The van der Waals surface area contributed by atoms with E-state index in [0.29, 0.717) is 18.1 Å². The van der Waals surface area contributed by atoms with Gasteiger partial charge in [0.05, 0.1) is 6.61 Å². The van der Waals surface area contributed by atoms with Crippen LogP contribution in [0, 0.1) is 0 Å². The Hall–Kier alpha value is -2.44. The summed E-state index contributed by atoms with van der Waals surface area (Å²) in [6.45, 7) is 2.47. The van der Waals surface area contributed by atoms with Gasteiger partial charge in [-0.1, -0.05) is 60.7 Å². The third-order valence-electron chi connectivity index (χ3n) is 3.90. The minimum atomic E-state index is -0.133. The van der Waals surface area contributed by atoms with E-state index in [4.69, 9.17) is 17.0 Å². The maximum atomic E-state index is 12.4. The van der Waals surface area contributed by atoms with E-state index in [1.165, 1.54) is 0 Å². The third-order valence-corrected chi connectivity index (χ3v) is 4.12. The monoisotopic (exact) mass is 371 g/mol. The smallest absolute Gasteiger partial charge is 0.239 e. The van der Waals surface area contributed by atoms with Crippen molar-refractivity contribution in [3.8, 4) is 0 Å². The molecule has 0 aliphatic carbocycles. The highest BCUT2D eigenvalue weighted by molar-refractivity contribution is 7.80. The second-order valence-corrected chi connectivity index (χ2v) is 6.49. The number of hydrogen-bond donors (Lipinski definition) is 3. The molecule has 26 heavy (non-hydrogen) atoms. The van der Waals surface area contributed by atoms with E-state index in [9.17, 15) is 4.79 Å². The fourth-order valence-corrected chi connectivity index (χ4v) is 2.97. The van der Waals surface area contributed by atoms with Crippen LogP contribution in [0.5, 0.6) is 0 Å². The molecule has 0 aliphatic heterocycles. The minimum absolute atomic E-state index is 0.0202. The molecular weight excluding hydrogens is 346 g/mol. The van der Waals surface area contributed by atoms with E-state index >= 15 is 0 Å². The lowest BCUT2D eigenvalue weighted by molar-refractivity contribution is -0.121. The summed E-state index contributed by atoms with van der Waals surface area (Å²) in [6.07, 6.45) is 0.317. The van der Waals surface area contributed by atoms with Crippen LogP contribution in [0.15, 0.2) is 60.7 Å². The molecule has 0 saturated carbocycles. The van der Waals surface area contributed by atoms with Crippen molar-refractivity contribution < 1.29 is 9.53 Å². The normalized spacial score (nSPS) is 11.7. The molecule has 0 heterocycles. The SMILES string of the molecule is COC[C@@H](C)NC(=S)NNC(=O)CC(c1ccccc1)c1ccccc1. The maximum Gasteiger partial charge on any atom is 0.239 e. The molecular formula is C20H25N3O2S. The predicted octanol–water partition coefficient (Wildman–Crippen LogP) is 2.74. The van der Waals surface area contributed by atoms with Gasteiger partial charge in [-0.15, -0.1) is 0 Å². The van der Waals surface area contributed by atoms with Gasteiger partial charge in [0.25, 0.3) is 0 Å². The van der Waals surface area contributed by atoms with Gasteiger partial charge in [0.15, 0.2) is 5.11 Å². The van der Waals surface area contributed by atoms with E-state index in [1.807, 2.05) is 67.6 Å². The molecule has 0 radical (unpaired) electrons. The first-order valence-corrected chi connectivity index (χ1v) is 8.95. The number of carbonyl (C=O) groups excluding carboxylic acids is 1. The van der Waals surface area contributed by atoms with E-state index in [1.54, 1.807) is 7.11 Å². The molecule has 1 amide bonds. The summed E-state index contributed by atoms with van der Waals surface area (Å²) in [5, 5.41) is 3.39. The molecule has 2 aromatic carbocycles. The molecule has 1 atom stereocenters. The van der Waals surface area contributed by atoms with Crippen LogP contribution < -0.4 is 16.2 Å². The summed E-state index contributed by atoms with van der Waals surface area (Å²) >= 11 is 5.17. The highest BCUT2D eigenvalue weighted by atomic mass is 32.1. The number of hydrogen-bond acceptors (Lipinski definition) is 3. The van der Waals surface area contributed by atoms with Crippen LogP contribution in [0.3, 0.4) is 0 Å². The first-order valence-electron chi connectivity index (χ1n) is 8.54. The Balaban J connectivity index is 1.96. The molecule has 0 bridgehead atoms. The van der Waals surface area contributed by atoms with Gasteiger partial charge in [0, 0.05) is 25.5 Å². The fourth-order valence-electron chi connectivity index (χ4n) is 2.71. The maximum absolute atomic E-state index is 12.4. The van der Waals surface area contributed by atoms with Gasteiger partial charge >= 0.3 is 0 Å². The lowest BCUT2D eigenvalue weighted by Crippen LogP contribution is -2.50. The zero-order valence-corrected chi connectivity index (χ0v) is 15.9. The summed E-state index contributed by atoms with van der Waals surface area (Å²) in [4.78, 5) is 12.4. The number of methoxy groups -OCH3 is 1. The Morgan fingerprint density at radius 2 is 1.54 bits per heavy atom. The van der Waals surface area contributed by atoms with E-state index < -0.39 is 0 Å². The average Bonchev–Trinajstić information content (AvgIpc) is 2.66. The van der Waals surface area contributed by atoms with Crippen molar-refractivity contribution in [2.75, 3.05) is 13.7 Å². The minimum Gasteiger partial charge on any atom is -0.383 e. The number of hydrazine groups is 1. The largest absolute Gasteiger partial charge is 0.383 e. The predicted molar refractivity (Wildman–Crippen MR) is 108 cm³/mol. The molecule has 6 heteroatoms. The summed E-state index contributed by atoms with van der Waals surface area (Å²) < 4.78 is 5.04. The number of rotatable bonds is 7.